The Bertz CT molecular complexity index is 2730. The molecule has 0 saturated carbocycles. The van der Waals surface area contributed by atoms with Crippen LogP contribution in [0.3, 0.4) is 0 Å². The van der Waals surface area contributed by atoms with E-state index in [1.807, 2.05) is 65.6 Å². The van der Waals surface area contributed by atoms with Gasteiger partial charge in [-0.1, -0.05) is 94.5 Å². The van der Waals surface area contributed by atoms with Gasteiger partial charge in [-0.2, -0.15) is 0 Å². The number of rotatable bonds is 6. The molecule has 1 amide bonds. The fourth-order valence-corrected chi connectivity index (χ4v) is 8.99. The number of phenols is 2. The lowest BCUT2D eigenvalue weighted by molar-refractivity contribution is -0.160. The largest absolute Gasteiger partial charge is 0.507 e. The van der Waals surface area contributed by atoms with E-state index < -0.39 is 83.0 Å². The number of hydrogen-bond acceptors (Lipinski definition) is 13. The number of esters is 1. The Balaban J connectivity index is 1.45. The lowest BCUT2D eigenvalue weighted by Crippen LogP contribution is -2.46. The van der Waals surface area contributed by atoms with E-state index in [1.165, 1.54) is 40.2 Å². The molecule has 6 N–H and O–H groups in total. The molecule has 2 aliphatic heterocycles. The van der Waals surface area contributed by atoms with Crippen LogP contribution in [0.4, 0.5) is 17.3 Å². The number of aliphatic hydroxyl groups is 2. The highest BCUT2D eigenvalue weighted by atomic mass is 16.7. The van der Waals surface area contributed by atoms with Gasteiger partial charge in [0.1, 0.15) is 28.8 Å². The van der Waals surface area contributed by atoms with Crippen molar-refractivity contribution in [2.75, 3.05) is 17.3 Å². The zero-order chi connectivity index (χ0) is 47.8. The normalized spacial score (nSPS) is 28.0. The van der Waals surface area contributed by atoms with E-state index in [9.17, 15) is 34.8 Å². The first-order valence-electron chi connectivity index (χ1n) is 22.0. The molecule has 15 heteroatoms. The summed E-state index contributed by atoms with van der Waals surface area (Å²) in [5.41, 5.74) is 2.23. The van der Waals surface area contributed by atoms with Gasteiger partial charge in [0.2, 0.25) is 5.95 Å². The lowest BCUT2D eigenvalue weighted by Gasteiger charge is -2.38. The number of aromatic hydroxyl groups is 2. The number of anilines is 3. The monoisotopic (exact) mass is 902 g/mol. The van der Waals surface area contributed by atoms with E-state index in [0.717, 1.165) is 11.3 Å². The van der Waals surface area contributed by atoms with E-state index in [1.54, 1.807) is 52.8 Å². The fraction of sp³-hybridized carbons (Fsp3) is 0.373. The Morgan fingerprint density at radius 3 is 2.21 bits per heavy atom. The molecule has 1 aromatic heterocycles. The Morgan fingerprint density at radius 1 is 0.894 bits per heavy atom. The van der Waals surface area contributed by atoms with Crippen molar-refractivity contribution in [3.05, 3.63) is 113 Å². The summed E-state index contributed by atoms with van der Waals surface area (Å²) in [6, 6.07) is 19.2. The smallest absolute Gasteiger partial charge is 0.312 e. The second kappa shape index (κ2) is 19.0. The molecule has 0 spiro atoms. The minimum atomic E-state index is -2.01. The van der Waals surface area contributed by atoms with Gasteiger partial charge in [0.25, 0.3) is 11.7 Å². The van der Waals surface area contributed by atoms with E-state index >= 15 is 0 Å². The van der Waals surface area contributed by atoms with Gasteiger partial charge in [-0.05, 0) is 37.6 Å². The molecule has 4 aromatic carbocycles. The van der Waals surface area contributed by atoms with E-state index in [4.69, 9.17) is 23.9 Å². The van der Waals surface area contributed by atoms with E-state index in [0.29, 0.717) is 12.5 Å². The first-order chi connectivity index (χ1) is 31.4. The van der Waals surface area contributed by atoms with Crippen LogP contribution in [-0.4, -0.2) is 85.4 Å². The number of methoxy groups -OCH3 is 1. The Labute approximate surface area is 383 Å². The van der Waals surface area contributed by atoms with E-state index in [-0.39, 0.29) is 49.9 Å². The predicted octanol–water partition coefficient (Wildman–Crippen LogP) is 8.26. The molecule has 66 heavy (non-hydrogen) atoms. The van der Waals surface area contributed by atoms with Gasteiger partial charge in [-0.3, -0.25) is 14.4 Å². The van der Waals surface area contributed by atoms with E-state index in [2.05, 4.69) is 10.3 Å². The van der Waals surface area contributed by atoms with Crippen LogP contribution >= 0.6 is 0 Å². The maximum absolute atomic E-state index is 14.9. The molecule has 9 atom stereocenters. The average molecular weight is 903 g/mol. The highest BCUT2D eigenvalue weighted by molar-refractivity contribution is 6.28. The number of aliphatic hydroxyl groups excluding tert-OH is 2. The molecular weight excluding hydrogens is 845 g/mol. The third kappa shape index (κ3) is 8.85. The molecule has 0 fully saturated rings. The maximum Gasteiger partial charge on any atom is 0.312 e. The number of hydrogen-bond donors (Lipinski definition) is 6. The number of Topliss-reactive ketones (excluding diaryl/α,β-unsaturated/α-hetero) is 1. The number of para-hydroxylation sites is 1. The predicted molar refractivity (Wildman–Crippen MR) is 251 cm³/mol. The number of benzene rings is 4. The van der Waals surface area contributed by atoms with Crippen molar-refractivity contribution in [1.82, 2.24) is 9.97 Å². The number of carbonyl (C=O) groups excluding carboxylic acids is 3. The summed E-state index contributed by atoms with van der Waals surface area (Å²) >= 11 is 0. The zero-order valence-electron chi connectivity index (χ0n) is 38.5. The molecule has 0 aliphatic carbocycles. The van der Waals surface area contributed by atoms with Gasteiger partial charge in [-0.25, -0.2) is 4.98 Å². The molecule has 5 aromatic rings. The van der Waals surface area contributed by atoms with Crippen LogP contribution < -0.4 is 15.0 Å². The molecule has 3 heterocycles. The van der Waals surface area contributed by atoms with Crippen LogP contribution in [0.1, 0.15) is 70.0 Å². The molecule has 4 bridgehead atoms. The number of ether oxygens (including phenoxy) is 4. The van der Waals surface area contributed by atoms with Crippen molar-refractivity contribution in [2.24, 2.45) is 23.7 Å². The number of imidazole rings is 1. The minimum absolute atomic E-state index is 0.00292. The molecule has 348 valence electrons. The quantitative estimate of drug-likeness (QED) is 0.0701. The van der Waals surface area contributed by atoms with Crippen LogP contribution in [0.2, 0.25) is 0 Å². The summed E-state index contributed by atoms with van der Waals surface area (Å²) in [5, 5.41) is 50.0. The summed E-state index contributed by atoms with van der Waals surface area (Å²) in [6.07, 6.45) is 3.81. The molecule has 0 radical (unpaired) electrons. The lowest BCUT2D eigenvalue weighted by atomic mass is 9.78. The van der Waals surface area contributed by atoms with Crippen molar-refractivity contribution < 1.29 is 53.8 Å². The number of aromatic nitrogens is 2. The van der Waals surface area contributed by atoms with Crippen LogP contribution in [-0.2, 0) is 30.3 Å². The van der Waals surface area contributed by atoms with Crippen LogP contribution in [0.15, 0.2) is 96.8 Å². The van der Waals surface area contributed by atoms with Crippen molar-refractivity contribution in [2.45, 2.75) is 92.1 Å². The SMILES string of the molecule is CO[C@H]1/C=C/O[C@@]2(C)Oc3c(C)c(O)c4c(O)c(c5[nH]c(N(Cc6ccccc6)c6ccccc6)nc5c4c3C2=O)NC(=O)/C(C)=C\C=C\[C@@H](C)[C@H](O)[C@@H](C)[C@H](O)[C@@H](C)[C@@H](OC(C)=O)[C@@H]1C. The van der Waals surface area contributed by atoms with Crippen LogP contribution in [0, 0.1) is 30.6 Å². The molecule has 0 saturated heterocycles. The van der Waals surface area contributed by atoms with Crippen molar-refractivity contribution in [3.8, 4) is 17.2 Å². The number of aromatic amines is 1. The third-order valence-corrected chi connectivity index (χ3v) is 13.0. The Hall–Kier alpha value is -6.68. The number of amides is 1. The van der Waals surface area contributed by atoms with Gasteiger partial charge in [0, 0.05) is 66.8 Å². The summed E-state index contributed by atoms with van der Waals surface area (Å²) in [7, 11) is 1.46. The fourth-order valence-electron chi connectivity index (χ4n) is 8.99. The number of nitrogens with zero attached hydrogens (tertiary/aromatic N) is 2. The second-order valence-electron chi connectivity index (χ2n) is 17.5. The number of allylic oxidation sites excluding steroid dienone is 2. The summed E-state index contributed by atoms with van der Waals surface area (Å²) in [6.45, 7) is 13.2. The number of carbonyl (C=O) groups is 3. The highest BCUT2D eigenvalue weighted by Gasteiger charge is 2.50. The number of fused-ring (bicyclic) bond motifs is 1. The standard InChI is InChI=1S/C51H58N4O11/c1-26-17-16-18-27(2)49(62)52-41-40-39(53-50(54-40)55(34-21-14-11-15-22-34)25-33-19-12-10-13-20-33)36-37(45(41)60)44(59)31(6)47-38(36)48(61)51(8,66-47)64-24-23-35(63-9)28(3)46(65-32(7)56)30(5)43(58)29(4)42(26)57/h10-24,26,28-30,35,42-43,46,57-60H,25H2,1-9H3,(H,52,62)(H,53,54)/b17-16+,24-23+,27-18-/t26-,28-,29-,30-,35+,42+,43+,46+,51+/m1/s1. The Morgan fingerprint density at radius 2 is 1.56 bits per heavy atom. The Kier molecular flexibility index (Phi) is 13.6. The number of phenolic OH excluding ortho intramolecular Hbond substituents is 2. The summed E-state index contributed by atoms with van der Waals surface area (Å²) in [5.74, 6) is -6.95. The van der Waals surface area contributed by atoms with Crippen molar-refractivity contribution in [3.63, 3.8) is 0 Å². The topological polar surface area (TPSA) is 213 Å². The molecular formula is C51H58N4O11. The number of ketones is 1. The summed E-state index contributed by atoms with van der Waals surface area (Å²) in [4.78, 5) is 51.7. The minimum Gasteiger partial charge on any atom is -0.507 e. The van der Waals surface area contributed by atoms with Gasteiger partial charge in [-0.15, -0.1) is 0 Å². The number of H-pyrrole nitrogens is 1. The summed E-state index contributed by atoms with van der Waals surface area (Å²) < 4.78 is 24.1. The molecule has 2 aliphatic rings. The van der Waals surface area contributed by atoms with Crippen molar-refractivity contribution >= 4 is 56.8 Å². The average Bonchev–Trinajstić information content (AvgIpc) is 3.86. The van der Waals surface area contributed by atoms with Crippen LogP contribution in [0.25, 0.3) is 21.8 Å². The second-order valence-corrected chi connectivity index (χ2v) is 17.5. The van der Waals surface area contributed by atoms with Crippen molar-refractivity contribution in [1.29, 1.82) is 0 Å². The maximum atomic E-state index is 14.9. The molecule has 15 nitrogen and oxygen atoms in total. The third-order valence-electron chi connectivity index (χ3n) is 13.0. The highest BCUT2D eigenvalue weighted by Crippen LogP contribution is 2.54. The number of nitrogens with one attached hydrogen (secondary N) is 2. The van der Waals surface area contributed by atoms with Gasteiger partial charge in [0.15, 0.2) is 5.75 Å². The van der Waals surface area contributed by atoms with Gasteiger partial charge < -0.3 is 54.6 Å². The van der Waals surface area contributed by atoms with Gasteiger partial charge in [0.05, 0.1) is 47.6 Å². The van der Waals surface area contributed by atoms with Crippen LogP contribution in [0.5, 0.6) is 17.2 Å². The first-order valence-corrected chi connectivity index (χ1v) is 22.0. The zero-order valence-corrected chi connectivity index (χ0v) is 38.5. The first kappa shape index (κ1) is 47.3. The molecule has 7 rings (SSSR count). The molecule has 0 unspecified atom stereocenters. The van der Waals surface area contributed by atoms with Gasteiger partial charge >= 0.3 is 11.8 Å².